The maximum absolute atomic E-state index is 12.1. The quantitative estimate of drug-likeness (QED) is 0.869. The van der Waals surface area contributed by atoms with E-state index in [1.165, 1.54) is 17.5 Å². The second kappa shape index (κ2) is 4.88. The summed E-state index contributed by atoms with van der Waals surface area (Å²) in [6.45, 7) is 1.15. The highest BCUT2D eigenvalue weighted by Gasteiger charge is 2.25. The predicted octanol–water partition coefficient (Wildman–Crippen LogP) is 0.932. The Balaban J connectivity index is 1.76. The summed E-state index contributed by atoms with van der Waals surface area (Å²) in [6, 6.07) is 0. The molecule has 1 aliphatic carbocycles. The van der Waals surface area contributed by atoms with Crippen molar-refractivity contribution in [3.8, 4) is 0 Å². The van der Waals surface area contributed by atoms with Crippen molar-refractivity contribution < 1.29 is 5.11 Å². The van der Waals surface area contributed by atoms with Crippen LogP contribution in [0.5, 0.6) is 0 Å². The van der Waals surface area contributed by atoms with Gasteiger partial charge in [0.1, 0.15) is 5.82 Å². The van der Waals surface area contributed by atoms with Crippen LogP contribution in [0.1, 0.15) is 44.3 Å². The van der Waals surface area contributed by atoms with Gasteiger partial charge in [0.25, 0.3) is 0 Å². The van der Waals surface area contributed by atoms with Crippen molar-refractivity contribution in [2.75, 3.05) is 0 Å². The molecule has 3 rings (SSSR count). The fraction of sp³-hybridized carbons (Fsp3) is 0.846. The number of nitrogens with zero attached hydrogens (tertiary/aromatic N) is 3. The van der Waals surface area contributed by atoms with Crippen LogP contribution in [0.3, 0.4) is 0 Å². The van der Waals surface area contributed by atoms with Crippen LogP contribution in [0.2, 0.25) is 0 Å². The fourth-order valence-electron chi connectivity index (χ4n) is 3.24. The lowest BCUT2D eigenvalue weighted by atomic mass is 10.0. The van der Waals surface area contributed by atoms with Gasteiger partial charge in [-0.2, -0.15) is 5.10 Å². The highest BCUT2D eigenvalue weighted by Crippen LogP contribution is 2.28. The van der Waals surface area contributed by atoms with Gasteiger partial charge in [-0.15, -0.1) is 0 Å². The summed E-state index contributed by atoms with van der Waals surface area (Å²) in [4.78, 5) is 12.1. The van der Waals surface area contributed by atoms with Crippen molar-refractivity contribution in [1.82, 2.24) is 14.3 Å². The Morgan fingerprint density at radius 1 is 1.28 bits per heavy atom. The summed E-state index contributed by atoms with van der Waals surface area (Å²) in [5, 5.41) is 14.5. The molecule has 0 radical (unpaired) electrons. The van der Waals surface area contributed by atoms with E-state index in [4.69, 9.17) is 0 Å². The SMILES string of the molecule is O=c1n(CC(O)C2CCCC2)nc2n1CCCC2. The molecule has 1 fully saturated rings. The Morgan fingerprint density at radius 3 is 2.78 bits per heavy atom. The number of aliphatic hydroxyl groups is 1. The van der Waals surface area contributed by atoms with E-state index >= 15 is 0 Å². The first-order valence-corrected chi connectivity index (χ1v) is 7.10. The zero-order valence-corrected chi connectivity index (χ0v) is 10.7. The first kappa shape index (κ1) is 12.0. The molecule has 2 aliphatic rings. The van der Waals surface area contributed by atoms with Gasteiger partial charge in [-0.1, -0.05) is 12.8 Å². The van der Waals surface area contributed by atoms with Crippen LogP contribution in [-0.2, 0) is 19.5 Å². The van der Waals surface area contributed by atoms with Crippen molar-refractivity contribution in [3.05, 3.63) is 16.3 Å². The normalized spacial score (nSPS) is 22.1. The van der Waals surface area contributed by atoms with Gasteiger partial charge in [0.2, 0.25) is 0 Å². The minimum Gasteiger partial charge on any atom is -0.391 e. The van der Waals surface area contributed by atoms with Crippen molar-refractivity contribution in [2.24, 2.45) is 5.92 Å². The maximum atomic E-state index is 12.1. The zero-order valence-electron chi connectivity index (χ0n) is 10.7. The van der Waals surface area contributed by atoms with Gasteiger partial charge >= 0.3 is 5.69 Å². The molecule has 0 amide bonds. The van der Waals surface area contributed by atoms with Crippen molar-refractivity contribution in [1.29, 1.82) is 0 Å². The minimum atomic E-state index is -0.415. The lowest BCUT2D eigenvalue weighted by molar-refractivity contribution is 0.0880. The number of aryl methyl sites for hydroxylation is 1. The van der Waals surface area contributed by atoms with E-state index in [2.05, 4.69) is 5.10 Å². The number of aromatic nitrogens is 3. The molecule has 1 saturated carbocycles. The molecule has 0 spiro atoms. The van der Waals surface area contributed by atoms with E-state index in [1.807, 2.05) is 0 Å². The van der Waals surface area contributed by atoms with E-state index in [0.29, 0.717) is 12.5 Å². The Morgan fingerprint density at radius 2 is 2.06 bits per heavy atom. The third kappa shape index (κ3) is 2.11. The molecule has 0 bridgehead atoms. The molecular weight excluding hydrogens is 230 g/mol. The summed E-state index contributed by atoms with van der Waals surface area (Å²) in [7, 11) is 0. The van der Waals surface area contributed by atoms with Gasteiger partial charge in [-0.25, -0.2) is 9.48 Å². The Bertz CT molecular complexity index is 471. The number of fused-ring (bicyclic) bond motifs is 1. The number of hydrogen-bond acceptors (Lipinski definition) is 3. The lowest BCUT2D eigenvalue weighted by Gasteiger charge is -2.16. The average molecular weight is 251 g/mol. The monoisotopic (exact) mass is 251 g/mol. The van der Waals surface area contributed by atoms with Gasteiger partial charge in [-0.05, 0) is 31.6 Å². The van der Waals surface area contributed by atoms with Crippen molar-refractivity contribution in [3.63, 3.8) is 0 Å². The van der Waals surface area contributed by atoms with E-state index in [-0.39, 0.29) is 5.69 Å². The first-order chi connectivity index (χ1) is 8.75. The second-order valence-electron chi connectivity index (χ2n) is 5.60. The third-order valence-electron chi connectivity index (χ3n) is 4.34. The molecule has 0 aromatic carbocycles. The Hall–Kier alpha value is -1.10. The second-order valence-corrected chi connectivity index (χ2v) is 5.60. The molecule has 1 atom stereocenters. The van der Waals surface area contributed by atoms with Gasteiger partial charge in [0, 0.05) is 13.0 Å². The van der Waals surface area contributed by atoms with Gasteiger partial charge in [-0.3, -0.25) is 4.57 Å². The Kier molecular flexibility index (Phi) is 3.24. The first-order valence-electron chi connectivity index (χ1n) is 7.10. The highest BCUT2D eigenvalue weighted by atomic mass is 16.3. The molecule has 5 heteroatoms. The molecule has 0 saturated heterocycles. The molecule has 5 nitrogen and oxygen atoms in total. The molecule has 1 aliphatic heterocycles. The summed E-state index contributed by atoms with van der Waals surface area (Å²) in [5.41, 5.74) is -0.0400. The van der Waals surface area contributed by atoms with Crippen molar-refractivity contribution >= 4 is 0 Å². The minimum absolute atomic E-state index is 0.0400. The molecule has 2 heterocycles. The van der Waals surface area contributed by atoms with E-state index in [0.717, 1.165) is 44.5 Å². The van der Waals surface area contributed by atoms with Crippen LogP contribution in [0.4, 0.5) is 0 Å². The molecule has 1 unspecified atom stereocenters. The standard InChI is InChI=1S/C13H21N3O2/c17-11(10-5-1-2-6-10)9-16-13(18)15-8-4-3-7-12(15)14-16/h10-11,17H,1-9H2. The van der Waals surface area contributed by atoms with E-state index in [1.54, 1.807) is 4.57 Å². The van der Waals surface area contributed by atoms with Crippen LogP contribution in [0.15, 0.2) is 4.79 Å². The van der Waals surface area contributed by atoms with Crippen LogP contribution in [-0.4, -0.2) is 25.6 Å². The van der Waals surface area contributed by atoms with Crippen LogP contribution in [0, 0.1) is 5.92 Å². The van der Waals surface area contributed by atoms with Gasteiger partial charge < -0.3 is 5.11 Å². The third-order valence-corrected chi connectivity index (χ3v) is 4.34. The lowest BCUT2D eigenvalue weighted by Crippen LogP contribution is -2.32. The van der Waals surface area contributed by atoms with Crippen molar-refractivity contribution in [2.45, 2.75) is 64.1 Å². The zero-order chi connectivity index (χ0) is 12.5. The fourth-order valence-corrected chi connectivity index (χ4v) is 3.24. The molecule has 1 aromatic heterocycles. The summed E-state index contributed by atoms with van der Waals surface area (Å²) in [6.07, 6.45) is 7.23. The average Bonchev–Trinajstić information content (AvgIpc) is 3.00. The van der Waals surface area contributed by atoms with E-state index < -0.39 is 6.10 Å². The Labute approximate surface area is 106 Å². The predicted molar refractivity (Wildman–Crippen MR) is 67.4 cm³/mol. The van der Waals surface area contributed by atoms with Crippen LogP contribution in [0.25, 0.3) is 0 Å². The van der Waals surface area contributed by atoms with Gasteiger partial charge in [0.15, 0.2) is 0 Å². The maximum Gasteiger partial charge on any atom is 0.346 e. The molecule has 1 aromatic rings. The molecular formula is C13H21N3O2. The summed E-state index contributed by atoms with van der Waals surface area (Å²) < 4.78 is 3.24. The van der Waals surface area contributed by atoms with Gasteiger partial charge in [0.05, 0.1) is 12.6 Å². The molecule has 18 heavy (non-hydrogen) atoms. The number of hydrogen-bond donors (Lipinski definition) is 1. The van der Waals surface area contributed by atoms with Crippen LogP contribution < -0.4 is 5.69 Å². The number of aliphatic hydroxyl groups excluding tert-OH is 1. The topological polar surface area (TPSA) is 60.1 Å². The van der Waals surface area contributed by atoms with Crippen LogP contribution >= 0.6 is 0 Å². The largest absolute Gasteiger partial charge is 0.391 e. The molecule has 1 N–H and O–H groups in total. The van der Waals surface area contributed by atoms with E-state index in [9.17, 15) is 9.90 Å². The molecule has 100 valence electrons. The highest BCUT2D eigenvalue weighted by molar-refractivity contribution is 4.91. The summed E-state index contributed by atoms with van der Waals surface area (Å²) in [5.74, 6) is 1.25. The smallest absolute Gasteiger partial charge is 0.346 e. The summed E-state index contributed by atoms with van der Waals surface area (Å²) >= 11 is 0. The number of rotatable bonds is 3.